The zero-order valence-electron chi connectivity index (χ0n) is 23.0. The predicted molar refractivity (Wildman–Crippen MR) is 151 cm³/mol. The van der Waals surface area contributed by atoms with Crippen LogP contribution in [0.5, 0.6) is 11.5 Å². The molecule has 6 rings (SSSR count). The summed E-state index contributed by atoms with van der Waals surface area (Å²) in [4.78, 5) is 34.7. The molecule has 0 aromatic heterocycles. The molecule has 3 aromatic rings. The predicted octanol–water partition coefficient (Wildman–Crippen LogP) is 4.59. The lowest BCUT2D eigenvalue weighted by Crippen LogP contribution is -2.57. The summed E-state index contributed by atoms with van der Waals surface area (Å²) in [6.07, 6.45) is 0.772. The van der Waals surface area contributed by atoms with Crippen molar-refractivity contribution in [1.82, 2.24) is 9.80 Å². The van der Waals surface area contributed by atoms with Crippen LogP contribution >= 0.6 is 0 Å². The molecule has 0 bridgehead atoms. The van der Waals surface area contributed by atoms with E-state index in [1.807, 2.05) is 28.0 Å². The van der Waals surface area contributed by atoms with E-state index in [4.69, 9.17) is 9.47 Å². The Labute approximate surface area is 229 Å². The van der Waals surface area contributed by atoms with Crippen LogP contribution in [0.25, 0.3) is 0 Å². The van der Waals surface area contributed by atoms with Crippen molar-refractivity contribution in [3.05, 3.63) is 88.5 Å². The van der Waals surface area contributed by atoms with E-state index < -0.39 is 5.92 Å². The fourth-order valence-corrected chi connectivity index (χ4v) is 6.66. The quantitative estimate of drug-likeness (QED) is 0.499. The molecule has 202 valence electrons. The first kappa shape index (κ1) is 25.3. The third kappa shape index (κ3) is 4.20. The molecule has 0 unspecified atom stereocenters. The summed E-state index contributed by atoms with van der Waals surface area (Å²) in [7, 11) is 3.15. The Morgan fingerprint density at radius 1 is 0.872 bits per heavy atom. The first-order valence-corrected chi connectivity index (χ1v) is 13.7. The van der Waals surface area contributed by atoms with Crippen LogP contribution in [0.1, 0.15) is 51.5 Å². The normalized spacial score (nSPS) is 22.1. The number of amides is 2. The number of benzene rings is 3. The third-order valence-electron chi connectivity index (χ3n) is 8.57. The first-order valence-electron chi connectivity index (χ1n) is 13.7. The molecule has 3 heterocycles. The maximum atomic E-state index is 14.6. The number of rotatable bonds is 4. The Hall–Kier alpha value is -4.00. The highest BCUT2D eigenvalue weighted by atomic mass is 16.5. The van der Waals surface area contributed by atoms with Gasteiger partial charge in [-0.15, -0.1) is 0 Å². The maximum Gasteiger partial charge on any atom is 0.254 e. The lowest BCUT2D eigenvalue weighted by molar-refractivity contribution is -0.135. The molecule has 7 heteroatoms. The number of hydrogen-bond donors (Lipinski definition) is 0. The Morgan fingerprint density at radius 2 is 1.64 bits per heavy atom. The molecular formula is C32H35N3O4. The molecule has 39 heavy (non-hydrogen) atoms. The molecule has 3 aromatic carbocycles. The van der Waals surface area contributed by atoms with E-state index in [0.29, 0.717) is 36.7 Å². The SMILES string of the molecule is COc1cc2c(cc1OC)[C@H](C(=O)N1CCN(c3cccc(C)c3)[C@H](C)C1)[C@@H]1c3ccccc3CCN1C2=O. The van der Waals surface area contributed by atoms with Gasteiger partial charge >= 0.3 is 0 Å². The number of fused-ring (bicyclic) bond motifs is 4. The van der Waals surface area contributed by atoms with E-state index in [9.17, 15) is 9.59 Å². The van der Waals surface area contributed by atoms with Gasteiger partial charge in [0.15, 0.2) is 11.5 Å². The van der Waals surface area contributed by atoms with Crippen molar-refractivity contribution in [3.63, 3.8) is 0 Å². The van der Waals surface area contributed by atoms with Crippen molar-refractivity contribution in [2.45, 2.75) is 38.3 Å². The van der Waals surface area contributed by atoms with Gasteiger partial charge in [0, 0.05) is 43.5 Å². The average Bonchev–Trinajstić information content (AvgIpc) is 2.96. The second kappa shape index (κ2) is 9.95. The molecule has 1 fully saturated rings. The van der Waals surface area contributed by atoms with Crippen LogP contribution in [0.2, 0.25) is 0 Å². The zero-order valence-corrected chi connectivity index (χ0v) is 23.0. The number of aryl methyl sites for hydroxylation is 1. The highest BCUT2D eigenvalue weighted by Crippen LogP contribution is 2.49. The van der Waals surface area contributed by atoms with E-state index in [0.717, 1.165) is 24.1 Å². The van der Waals surface area contributed by atoms with E-state index >= 15 is 0 Å². The minimum absolute atomic E-state index is 0.0541. The van der Waals surface area contributed by atoms with Crippen molar-refractivity contribution in [2.24, 2.45) is 0 Å². The molecule has 7 nitrogen and oxygen atoms in total. The smallest absolute Gasteiger partial charge is 0.254 e. The van der Waals surface area contributed by atoms with Crippen molar-refractivity contribution >= 4 is 17.5 Å². The standard InChI is InChI=1S/C32H35N3O4/c1-20-8-7-10-23(16-20)34-15-14-33(19-21(34)2)32(37)29-25-17-27(38-3)28(39-4)18-26(25)31(36)35-13-12-22-9-5-6-11-24(22)30(29)35/h5-11,16-18,21,29-30H,12-15,19H2,1-4H3/t21-,29+,30+/m1/s1. The largest absolute Gasteiger partial charge is 0.493 e. The Kier molecular flexibility index (Phi) is 6.45. The van der Waals surface area contributed by atoms with Crippen molar-refractivity contribution in [3.8, 4) is 11.5 Å². The van der Waals surface area contributed by atoms with Crippen LogP contribution in [-0.4, -0.2) is 68.1 Å². The molecule has 0 aliphatic carbocycles. The summed E-state index contributed by atoms with van der Waals surface area (Å²) in [5, 5.41) is 0. The van der Waals surface area contributed by atoms with Crippen molar-refractivity contribution < 1.29 is 19.1 Å². The zero-order chi connectivity index (χ0) is 27.3. The Morgan fingerprint density at radius 3 is 2.38 bits per heavy atom. The van der Waals surface area contributed by atoms with Gasteiger partial charge in [-0.1, -0.05) is 36.4 Å². The van der Waals surface area contributed by atoms with Gasteiger partial charge in [0.2, 0.25) is 5.91 Å². The van der Waals surface area contributed by atoms with E-state index in [2.05, 4.69) is 55.1 Å². The van der Waals surface area contributed by atoms with Crippen molar-refractivity contribution in [1.29, 1.82) is 0 Å². The van der Waals surface area contributed by atoms with Crippen LogP contribution in [0.3, 0.4) is 0 Å². The second-order valence-corrected chi connectivity index (χ2v) is 10.8. The summed E-state index contributed by atoms with van der Waals surface area (Å²) in [6, 6.07) is 20.1. The molecule has 1 saturated heterocycles. The number of ether oxygens (including phenoxy) is 2. The molecule has 3 aliphatic heterocycles. The highest BCUT2D eigenvalue weighted by Gasteiger charge is 2.48. The maximum absolute atomic E-state index is 14.6. The number of carbonyl (C=O) groups is 2. The fourth-order valence-electron chi connectivity index (χ4n) is 6.66. The highest BCUT2D eigenvalue weighted by molar-refractivity contribution is 6.02. The second-order valence-electron chi connectivity index (χ2n) is 10.8. The van der Waals surface area contributed by atoms with Crippen LogP contribution in [0.15, 0.2) is 60.7 Å². The lowest BCUT2D eigenvalue weighted by atomic mass is 9.75. The summed E-state index contributed by atoms with van der Waals surface area (Å²) in [5.74, 6) is 0.478. The minimum atomic E-state index is -0.531. The number of nitrogens with zero attached hydrogens (tertiary/aromatic N) is 3. The number of piperazine rings is 1. The molecular weight excluding hydrogens is 490 g/mol. The van der Waals surface area contributed by atoms with Gasteiger partial charge in [-0.25, -0.2) is 0 Å². The van der Waals surface area contributed by atoms with Crippen molar-refractivity contribution in [2.75, 3.05) is 45.3 Å². The number of anilines is 1. The van der Waals surface area contributed by atoms with Crippen LogP contribution in [0.4, 0.5) is 5.69 Å². The number of methoxy groups -OCH3 is 2. The first-order chi connectivity index (χ1) is 18.9. The summed E-state index contributed by atoms with van der Waals surface area (Å²) < 4.78 is 11.2. The fraction of sp³-hybridized carbons (Fsp3) is 0.375. The van der Waals surface area contributed by atoms with Gasteiger partial charge in [0.25, 0.3) is 5.91 Å². The number of hydrogen-bond acceptors (Lipinski definition) is 5. The van der Waals surface area contributed by atoms with E-state index in [1.165, 1.54) is 16.8 Å². The van der Waals surface area contributed by atoms with Gasteiger partial charge in [-0.2, -0.15) is 0 Å². The summed E-state index contributed by atoms with van der Waals surface area (Å²) in [5.41, 5.74) is 5.91. The summed E-state index contributed by atoms with van der Waals surface area (Å²) in [6.45, 7) is 6.86. The number of carbonyl (C=O) groups excluding carboxylic acids is 2. The van der Waals surface area contributed by atoms with Gasteiger partial charge in [0.05, 0.1) is 26.2 Å². The van der Waals surface area contributed by atoms with Crippen LogP contribution < -0.4 is 14.4 Å². The molecule has 3 aliphatic rings. The lowest BCUT2D eigenvalue weighted by Gasteiger charge is -2.48. The minimum Gasteiger partial charge on any atom is -0.493 e. The monoisotopic (exact) mass is 525 g/mol. The van der Waals surface area contributed by atoms with Crippen LogP contribution in [-0.2, 0) is 11.2 Å². The van der Waals surface area contributed by atoms with E-state index in [-0.39, 0.29) is 23.9 Å². The Balaban J connectivity index is 1.41. The third-order valence-corrected chi connectivity index (χ3v) is 8.57. The van der Waals surface area contributed by atoms with E-state index in [1.54, 1.807) is 20.3 Å². The van der Waals surface area contributed by atoms with Gasteiger partial charge < -0.3 is 24.2 Å². The molecule has 0 radical (unpaired) electrons. The summed E-state index contributed by atoms with van der Waals surface area (Å²) >= 11 is 0. The van der Waals surface area contributed by atoms with Crippen LogP contribution in [0, 0.1) is 6.92 Å². The molecule has 0 N–H and O–H groups in total. The van der Waals surface area contributed by atoms with Gasteiger partial charge in [-0.05, 0) is 66.8 Å². The Bertz CT molecular complexity index is 1440. The molecule has 3 atom stereocenters. The van der Waals surface area contributed by atoms with Gasteiger partial charge in [0.1, 0.15) is 0 Å². The molecule has 2 amide bonds. The molecule has 0 saturated carbocycles. The average molecular weight is 526 g/mol. The topological polar surface area (TPSA) is 62.3 Å². The molecule has 0 spiro atoms. The van der Waals surface area contributed by atoms with Gasteiger partial charge in [-0.3, -0.25) is 9.59 Å².